The highest BCUT2D eigenvalue weighted by atomic mass is 16.5. The van der Waals surface area contributed by atoms with Gasteiger partial charge >= 0.3 is 0 Å². The molecule has 0 aliphatic heterocycles. The van der Waals surface area contributed by atoms with Crippen molar-refractivity contribution in [1.29, 1.82) is 0 Å². The summed E-state index contributed by atoms with van der Waals surface area (Å²) in [4.78, 5) is 2.14. The zero-order valence-electron chi connectivity index (χ0n) is 12.1. The van der Waals surface area contributed by atoms with E-state index in [4.69, 9.17) is 15.2 Å². The molecule has 4 nitrogen and oxygen atoms in total. The Balaban J connectivity index is 2.12. The molecule has 0 aliphatic carbocycles. The topological polar surface area (TPSA) is 47.7 Å². The van der Waals surface area contributed by atoms with Gasteiger partial charge in [-0.3, -0.25) is 0 Å². The van der Waals surface area contributed by atoms with Crippen LogP contribution in [0.15, 0.2) is 42.5 Å². The van der Waals surface area contributed by atoms with E-state index >= 15 is 0 Å². The minimum Gasteiger partial charge on any atom is -0.497 e. The van der Waals surface area contributed by atoms with Gasteiger partial charge in [0.2, 0.25) is 0 Å². The van der Waals surface area contributed by atoms with E-state index in [-0.39, 0.29) is 0 Å². The number of anilines is 2. The molecule has 106 valence electrons. The molecular weight excluding hydrogens is 252 g/mol. The van der Waals surface area contributed by atoms with E-state index in [0.717, 1.165) is 18.0 Å². The number of methoxy groups -OCH3 is 2. The molecule has 4 heteroatoms. The number of nitrogens with zero attached hydrogens (tertiary/aromatic N) is 1. The van der Waals surface area contributed by atoms with Crippen LogP contribution in [0.25, 0.3) is 0 Å². The van der Waals surface area contributed by atoms with Gasteiger partial charge in [0.25, 0.3) is 0 Å². The van der Waals surface area contributed by atoms with Crippen LogP contribution in [0, 0.1) is 0 Å². The van der Waals surface area contributed by atoms with Crippen LogP contribution in [0.4, 0.5) is 11.4 Å². The Labute approximate surface area is 119 Å². The van der Waals surface area contributed by atoms with Crippen LogP contribution >= 0.6 is 0 Å². The first-order chi connectivity index (χ1) is 9.63. The lowest BCUT2D eigenvalue weighted by Crippen LogP contribution is -2.16. The Bertz CT molecular complexity index is 567. The minimum atomic E-state index is 0.647. The van der Waals surface area contributed by atoms with Crippen molar-refractivity contribution < 1.29 is 9.47 Å². The summed E-state index contributed by atoms with van der Waals surface area (Å²) in [7, 11) is 5.33. The Morgan fingerprint density at radius 3 is 2.30 bits per heavy atom. The van der Waals surface area contributed by atoms with Crippen molar-refractivity contribution in [3.8, 4) is 11.5 Å². The molecule has 2 aromatic rings. The molecule has 0 spiro atoms. The molecule has 0 fully saturated rings. The monoisotopic (exact) mass is 272 g/mol. The van der Waals surface area contributed by atoms with Gasteiger partial charge in [-0.05, 0) is 29.8 Å². The van der Waals surface area contributed by atoms with E-state index < -0.39 is 0 Å². The molecule has 0 aromatic heterocycles. The fraction of sp³-hybridized carbons (Fsp3) is 0.250. The van der Waals surface area contributed by atoms with Crippen LogP contribution in [0.2, 0.25) is 0 Å². The molecule has 0 heterocycles. The number of hydrogen-bond donors (Lipinski definition) is 1. The minimum absolute atomic E-state index is 0.647. The predicted octanol–water partition coefficient (Wildman–Crippen LogP) is 2.92. The average molecular weight is 272 g/mol. The van der Waals surface area contributed by atoms with Crippen molar-refractivity contribution in [2.24, 2.45) is 0 Å². The first-order valence-corrected chi connectivity index (χ1v) is 6.41. The molecule has 0 unspecified atom stereocenters. The van der Waals surface area contributed by atoms with Gasteiger partial charge in [0.05, 0.1) is 19.9 Å². The molecule has 2 N–H and O–H groups in total. The first-order valence-electron chi connectivity index (χ1n) is 6.41. The molecule has 0 bridgehead atoms. The molecule has 0 radical (unpaired) electrons. The van der Waals surface area contributed by atoms with E-state index in [1.165, 1.54) is 5.56 Å². The van der Waals surface area contributed by atoms with Crippen molar-refractivity contribution in [3.05, 3.63) is 48.0 Å². The summed E-state index contributed by atoms with van der Waals surface area (Å²) in [5.74, 6) is 1.56. The van der Waals surface area contributed by atoms with E-state index in [9.17, 15) is 0 Å². The molecule has 2 rings (SSSR count). The zero-order valence-corrected chi connectivity index (χ0v) is 12.1. The van der Waals surface area contributed by atoms with Gasteiger partial charge in [-0.2, -0.15) is 0 Å². The fourth-order valence-electron chi connectivity index (χ4n) is 2.03. The Kier molecular flexibility index (Phi) is 4.35. The van der Waals surface area contributed by atoms with Gasteiger partial charge in [0.15, 0.2) is 0 Å². The summed E-state index contributed by atoms with van der Waals surface area (Å²) < 4.78 is 10.4. The highest BCUT2D eigenvalue weighted by Crippen LogP contribution is 2.27. The maximum absolute atomic E-state index is 5.83. The van der Waals surface area contributed by atoms with Crippen molar-refractivity contribution in [3.63, 3.8) is 0 Å². The molecule has 0 saturated heterocycles. The summed E-state index contributed by atoms with van der Waals surface area (Å²) >= 11 is 0. The maximum Gasteiger partial charge on any atom is 0.143 e. The summed E-state index contributed by atoms with van der Waals surface area (Å²) in [6.45, 7) is 0.803. The van der Waals surface area contributed by atoms with Gasteiger partial charge < -0.3 is 20.1 Å². The van der Waals surface area contributed by atoms with E-state index in [0.29, 0.717) is 11.4 Å². The number of rotatable bonds is 5. The predicted molar refractivity (Wildman–Crippen MR) is 82.5 cm³/mol. The smallest absolute Gasteiger partial charge is 0.143 e. The number of benzene rings is 2. The standard InChI is InChI=1S/C16H20N2O2/c1-18(11-12-4-7-14(19-2)8-5-12)13-6-9-15(17)16(10-13)20-3/h4-10H,11,17H2,1-3H3. The molecule has 0 saturated carbocycles. The molecule has 2 aromatic carbocycles. The summed E-state index contributed by atoms with van der Waals surface area (Å²) in [5.41, 5.74) is 8.75. The van der Waals surface area contributed by atoms with E-state index in [2.05, 4.69) is 17.0 Å². The Hall–Kier alpha value is -2.36. The first kappa shape index (κ1) is 14.1. The zero-order chi connectivity index (χ0) is 14.5. The molecule has 0 amide bonds. The fourth-order valence-corrected chi connectivity index (χ4v) is 2.03. The second-order valence-electron chi connectivity index (χ2n) is 4.63. The van der Waals surface area contributed by atoms with Crippen molar-refractivity contribution in [2.45, 2.75) is 6.54 Å². The molecule has 0 atom stereocenters. The average Bonchev–Trinajstić information content (AvgIpc) is 2.48. The second kappa shape index (κ2) is 6.19. The number of nitrogens with two attached hydrogens (primary N) is 1. The van der Waals surface area contributed by atoms with Crippen LogP contribution in [0.5, 0.6) is 11.5 Å². The van der Waals surface area contributed by atoms with Crippen LogP contribution in [-0.2, 0) is 6.54 Å². The van der Waals surface area contributed by atoms with Crippen LogP contribution in [0.1, 0.15) is 5.56 Å². The normalized spacial score (nSPS) is 10.2. The lowest BCUT2D eigenvalue weighted by Gasteiger charge is -2.20. The van der Waals surface area contributed by atoms with Gasteiger partial charge in [-0.15, -0.1) is 0 Å². The van der Waals surface area contributed by atoms with E-state index in [1.807, 2.05) is 37.4 Å². The molecule has 20 heavy (non-hydrogen) atoms. The maximum atomic E-state index is 5.83. The molecular formula is C16H20N2O2. The van der Waals surface area contributed by atoms with Crippen LogP contribution in [0.3, 0.4) is 0 Å². The highest BCUT2D eigenvalue weighted by Gasteiger charge is 2.06. The lowest BCUT2D eigenvalue weighted by atomic mass is 10.2. The number of nitrogen functional groups attached to an aromatic ring is 1. The van der Waals surface area contributed by atoms with Crippen LogP contribution in [-0.4, -0.2) is 21.3 Å². The Morgan fingerprint density at radius 1 is 1.00 bits per heavy atom. The van der Waals surface area contributed by atoms with Crippen molar-refractivity contribution in [1.82, 2.24) is 0 Å². The summed E-state index contributed by atoms with van der Waals surface area (Å²) in [5, 5.41) is 0. The van der Waals surface area contributed by atoms with Crippen molar-refractivity contribution >= 4 is 11.4 Å². The van der Waals surface area contributed by atoms with Gasteiger partial charge in [0, 0.05) is 25.3 Å². The SMILES string of the molecule is COc1ccc(CN(C)c2ccc(N)c(OC)c2)cc1. The molecule has 0 aliphatic rings. The number of hydrogen-bond acceptors (Lipinski definition) is 4. The summed E-state index contributed by atoms with van der Waals surface area (Å²) in [6, 6.07) is 13.8. The quantitative estimate of drug-likeness (QED) is 0.850. The number of ether oxygens (including phenoxy) is 2. The third-order valence-electron chi connectivity index (χ3n) is 3.24. The van der Waals surface area contributed by atoms with Crippen molar-refractivity contribution in [2.75, 3.05) is 31.9 Å². The third-order valence-corrected chi connectivity index (χ3v) is 3.24. The van der Waals surface area contributed by atoms with Gasteiger partial charge in [0.1, 0.15) is 11.5 Å². The largest absolute Gasteiger partial charge is 0.497 e. The third kappa shape index (κ3) is 3.15. The summed E-state index contributed by atoms with van der Waals surface area (Å²) in [6.07, 6.45) is 0. The highest BCUT2D eigenvalue weighted by molar-refractivity contribution is 5.62. The Morgan fingerprint density at radius 2 is 1.70 bits per heavy atom. The lowest BCUT2D eigenvalue weighted by molar-refractivity contribution is 0.414. The van der Waals surface area contributed by atoms with Gasteiger partial charge in [-0.1, -0.05) is 12.1 Å². The van der Waals surface area contributed by atoms with Gasteiger partial charge in [-0.25, -0.2) is 0 Å². The second-order valence-corrected chi connectivity index (χ2v) is 4.63. The van der Waals surface area contributed by atoms with E-state index in [1.54, 1.807) is 14.2 Å². The van der Waals surface area contributed by atoms with Crippen LogP contribution < -0.4 is 20.1 Å².